The lowest BCUT2D eigenvalue weighted by molar-refractivity contribution is -0.117. The number of hydrogen-bond donors (Lipinski definition) is 2. The highest BCUT2D eigenvalue weighted by atomic mass is 16.5. The number of hydrogen-bond acceptors (Lipinski definition) is 6. The number of carbonyl (C=O) groups excluding carboxylic acids is 1. The molecule has 0 saturated carbocycles. The van der Waals surface area contributed by atoms with Gasteiger partial charge in [0.15, 0.2) is 11.5 Å². The minimum Gasteiger partial charge on any atom is -0.493 e. The van der Waals surface area contributed by atoms with Gasteiger partial charge in [0.05, 0.1) is 13.7 Å². The van der Waals surface area contributed by atoms with Crippen LogP contribution in [0.25, 0.3) is 0 Å². The zero-order valence-corrected chi connectivity index (χ0v) is 18.4. The molecule has 1 atom stereocenters. The van der Waals surface area contributed by atoms with Gasteiger partial charge in [-0.3, -0.25) is 14.6 Å². The van der Waals surface area contributed by atoms with E-state index in [0.29, 0.717) is 37.7 Å². The number of para-hydroxylation sites is 3. The van der Waals surface area contributed by atoms with Crippen molar-refractivity contribution in [2.75, 3.05) is 58.3 Å². The molecular weight excluding hydrogens is 394 g/mol. The van der Waals surface area contributed by atoms with Crippen molar-refractivity contribution in [3.8, 4) is 11.5 Å². The summed E-state index contributed by atoms with van der Waals surface area (Å²) in [4.78, 5) is 16.1. The van der Waals surface area contributed by atoms with Crippen molar-refractivity contribution in [3.05, 3.63) is 53.6 Å². The van der Waals surface area contributed by atoms with Gasteiger partial charge in [-0.15, -0.1) is 0 Å². The van der Waals surface area contributed by atoms with Gasteiger partial charge in [-0.1, -0.05) is 30.3 Å². The molecule has 1 aliphatic rings. The summed E-state index contributed by atoms with van der Waals surface area (Å²) in [5, 5.41) is 13.5. The SMILES string of the molecule is [2H]C([2H])(C(O)COc1ccccc1OC)N1CCN(CC(=O)Nc2c(C)cccc2C)CC1. The van der Waals surface area contributed by atoms with E-state index >= 15 is 0 Å². The number of amides is 1. The monoisotopic (exact) mass is 429 g/mol. The molecule has 7 nitrogen and oxygen atoms in total. The van der Waals surface area contributed by atoms with E-state index in [-0.39, 0.29) is 19.1 Å². The smallest absolute Gasteiger partial charge is 0.238 e. The van der Waals surface area contributed by atoms with E-state index < -0.39 is 12.6 Å². The van der Waals surface area contributed by atoms with Crippen LogP contribution in [-0.4, -0.2) is 79.9 Å². The maximum atomic E-state index is 12.5. The predicted octanol–water partition coefficient (Wildman–Crippen LogP) is 2.31. The number of carbonyl (C=O) groups is 1. The van der Waals surface area contributed by atoms with Crippen molar-refractivity contribution < 1.29 is 22.1 Å². The summed E-state index contributed by atoms with van der Waals surface area (Å²) >= 11 is 0. The summed E-state index contributed by atoms with van der Waals surface area (Å²) in [7, 11) is 1.53. The number of nitrogens with one attached hydrogen (secondary N) is 1. The zero-order chi connectivity index (χ0) is 24.0. The number of piperazine rings is 1. The van der Waals surface area contributed by atoms with Gasteiger partial charge in [0.25, 0.3) is 0 Å². The average molecular weight is 430 g/mol. The molecule has 1 saturated heterocycles. The first-order valence-corrected chi connectivity index (χ1v) is 10.5. The molecule has 1 unspecified atom stereocenters. The molecule has 0 bridgehead atoms. The first-order chi connectivity index (χ1) is 15.7. The van der Waals surface area contributed by atoms with E-state index in [2.05, 4.69) is 5.32 Å². The Morgan fingerprint density at radius 3 is 2.32 bits per heavy atom. The number of anilines is 1. The number of benzene rings is 2. The number of nitrogens with zero attached hydrogens (tertiary/aromatic N) is 2. The number of aliphatic hydroxyl groups excluding tert-OH is 1. The molecule has 1 heterocycles. The van der Waals surface area contributed by atoms with E-state index in [1.54, 1.807) is 23.1 Å². The van der Waals surface area contributed by atoms with E-state index in [9.17, 15) is 9.90 Å². The molecule has 2 N–H and O–H groups in total. The molecular formula is C24H33N3O4. The van der Waals surface area contributed by atoms with Gasteiger partial charge in [-0.25, -0.2) is 0 Å². The van der Waals surface area contributed by atoms with Crippen molar-refractivity contribution in [2.45, 2.75) is 20.0 Å². The lowest BCUT2D eigenvalue weighted by Gasteiger charge is -2.35. The number of rotatable bonds is 9. The summed E-state index contributed by atoms with van der Waals surface area (Å²) in [5.74, 6) is 0.890. The summed E-state index contributed by atoms with van der Waals surface area (Å²) in [5.41, 5.74) is 2.88. The summed E-state index contributed by atoms with van der Waals surface area (Å²) in [6.07, 6.45) is -1.35. The first-order valence-electron chi connectivity index (χ1n) is 11.5. The van der Waals surface area contributed by atoms with Crippen molar-refractivity contribution in [1.29, 1.82) is 0 Å². The number of methoxy groups -OCH3 is 1. The van der Waals surface area contributed by atoms with Crippen LogP contribution < -0.4 is 14.8 Å². The highest BCUT2D eigenvalue weighted by Gasteiger charge is 2.21. The third kappa shape index (κ3) is 6.69. The highest BCUT2D eigenvalue weighted by Crippen LogP contribution is 2.25. The maximum absolute atomic E-state index is 12.5. The van der Waals surface area contributed by atoms with Crippen LogP contribution in [0.4, 0.5) is 5.69 Å². The molecule has 1 aliphatic heterocycles. The molecule has 3 rings (SSSR count). The van der Waals surface area contributed by atoms with Crippen LogP contribution in [0.1, 0.15) is 13.9 Å². The Hall–Kier alpha value is -2.61. The Labute approximate surface area is 187 Å². The zero-order valence-electron chi connectivity index (χ0n) is 20.4. The standard InChI is InChI=1S/C24H33N3O4/c1-18-7-6-8-19(2)24(18)25-23(29)16-27-13-11-26(12-14-27)15-20(28)17-31-22-10-5-4-9-21(22)30-3/h4-10,20,28H,11-17H2,1-3H3,(H,25,29)/i15D2. The third-order valence-corrected chi connectivity index (χ3v) is 5.28. The van der Waals surface area contributed by atoms with Crippen LogP contribution in [0.2, 0.25) is 0 Å². The first kappa shape index (κ1) is 20.3. The number of ether oxygens (including phenoxy) is 2. The Balaban J connectivity index is 1.49. The molecule has 168 valence electrons. The molecule has 0 aromatic heterocycles. The molecule has 1 fully saturated rings. The molecule has 2 aromatic rings. The number of β-amino-alcohol motifs (C(OH)–C–C–N with tert-alkyl or cyclic N) is 1. The summed E-state index contributed by atoms with van der Waals surface area (Å²) in [6, 6.07) is 12.9. The van der Waals surface area contributed by atoms with Crippen molar-refractivity contribution in [1.82, 2.24) is 9.80 Å². The van der Waals surface area contributed by atoms with Gasteiger partial charge >= 0.3 is 0 Å². The van der Waals surface area contributed by atoms with E-state index in [1.807, 2.05) is 43.0 Å². The summed E-state index contributed by atoms with van der Waals surface area (Å²) < 4.78 is 27.7. The molecule has 0 radical (unpaired) electrons. The lowest BCUT2D eigenvalue weighted by atomic mass is 10.1. The maximum Gasteiger partial charge on any atom is 0.238 e. The Bertz CT molecular complexity index is 929. The minimum absolute atomic E-state index is 0.0888. The molecule has 0 aliphatic carbocycles. The topological polar surface area (TPSA) is 74.3 Å². The van der Waals surface area contributed by atoms with E-state index in [4.69, 9.17) is 12.2 Å². The second-order valence-corrected chi connectivity index (χ2v) is 7.68. The molecule has 2 aromatic carbocycles. The van der Waals surface area contributed by atoms with Gasteiger partial charge < -0.3 is 19.9 Å². The highest BCUT2D eigenvalue weighted by molar-refractivity contribution is 5.93. The normalized spacial score (nSPS) is 17.4. The average Bonchev–Trinajstić information content (AvgIpc) is 2.80. The fraction of sp³-hybridized carbons (Fsp3) is 0.458. The van der Waals surface area contributed by atoms with Crippen molar-refractivity contribution in [2.24, 2.45) is 0 Å². The fourth-order valence-corrected chi connectivity index (χ4v) is 3.58. The van der Waals surface area contributed by atoms with Gasteiger partial charge in [0.1, 0.15) is 12.7 Å². The van der Waals surface area contributed by atoms with Crippen LogP contribution >= 0.6 is 0 Å². The van der Waals surface area contributed by atoms with Gasteiger partial charge in [0.2, 0.25) is 5.91 Å². The van der Waals surface area contributed by atoms with Crippen LogP contribution in [-0.2, 0) is 4.79 Å². The van der Waals surface area contributed by atoms with Gasteiger partial charge in [-0.05, 0) is 37.1 Å². The largest absolute Gasteiger partial charge is 0.493 e. The predicted molar refractivity (Wildman–Crippen MR) is 122 cm³/mol. The van der Waals surface area contributed by atoms with Crippen LogP contribution in [0.5, 0.6) is 11.5 Å². The summed E-state index contributed by atoms with van der Waals surface area (Å²) in [6.45, 7) is 3.85. The van der Waals surface area contributed by atoms with E-state index in [1.165, 1.54) is 7.11 Å². The van der Waals surface area contributed by atoms with Crippen molar-refractivity contribution >= 4 is 11.6 Å². The number of aryl methyl sites for hydroxylation is 2. The van der Waals surface area contributed by atoms with Crippen LogP contribution in [0.3, 0.4) is 0 Å². The fourth-order valence-electron chi connectivity index (χ4n) is 3.58. The van der Waals surface area contributed by atoms with Gasteiger partial charge in [-0.2, -0.15) is 0 Å². The molecule has 7 heteroatoms. The second-order valence-electron chi connectivity index (χ2n) is 7.68. The third-order valence-electron chi connectivity index (χ3n) is 5.28. The Kier molecular flexibility index (Phi) is 7.29. The van der Waals surface area contributed by atoms with Crippen LogP contribution in [0.15, 0.2) is 42.5 Å². The molecule has 0 spiro atoms. The lowest BCUT2D eigenvalue weighted by Crippen LogP contribution is -2.50. The van der Waals surface area contributed by atoms with Gasteiger partial charge in [0, 0.05) is 41.1 Å². The van der Waals surface area contributed by atoms with Crippen molar-refractivity contribution in [3.63, 3.8) is 0 Å². The second kappa shape index (κ2) is 11.1. The number of aliphatic hydroxyl groups is 1. The Morgan fingerprint density at radius 2 is 1.68 bits per heavy atom. The van der Waals surface area contributed by atoms with E-state index in [0.717, 1.165) is 16.8 Å². The molecule has 31 heavy (non-hydrogen) atoms. The van der Waals surface area contributed by atoms with Crippen LogP contribution in [0, 0.1) is 13.8 Å². The Morgan fingerprint density at radius 1 is 1.06 bits per heavy atom. The minimum atomic E-state index is -1.96. The molecule has 1 amide bonds. The quantitative estimate of drug-likeness (QED) is 0.637.